The molecule has 1 atom stereocenters. The molecule has 0 spiro atoms. The zero-order valence-electron chi connectivity index (χ0n) is 12.4. The Kier molecular flexibility index (Phi) is 5.13. The van der Waals surface area contributed by atoms with Crippen LogP contribution in [0.4, 0.5) is 0 Å². The lowest BCUT2D eigenvalue weighted by Crippen LogP contribution is -2.29. The highest BCUT2D eigenvalue weighted by molar-refractivity contribution is 7.89. The summed E-state index contributed by atoms with van der Waals surface area (Å²) in [5, 5.41) is 0. The van der Waals surface area contributed by atoms with Crippen LogP contribution in [0, 0.1) is 5.92 Å². The minimum atomic E-state index is -3.53. The smallest absolute Gasteiger partial charge is 0.243 e. The first-order valence-corrected chi connectivity index (χ1v) is 8.55. The van der Waals surface area contributed by atoms with Crippen molar-refractivity contribution in [3.05, 3.63) is 29.8 Å². The van der Waals surface area contributed by atoms with E-state index in [4.69, 9.17) is 4.74 Å². The SMILES string of the molecule is CCC(=O)c1cccc(S(=O)(=O)N2CCC(COC)C2)c1. The number of sulfonamides is 1. The number of carbonyl (C=O) groups is 1. The number of carbonyl (C=O) groups excluding carboxylic acids is 1. The minimum absolute atomic E-state index is 0.0502. The maximum atomic E-state index is 12.6. The molecule has 1 aliphatic rings. The molecule has 1 unspecified atom stereocenters. The molecule has 0 bridgehead atoms. The topological polar surface area (TPSA) is 63.7 Å². The fraction of sp³-hybridized carbons (Fsp3) is 0.533. The van der Waals surface area contributed by atoms with E-state index in [1.807, 2.05) is 0 Å². The fourth-order valence-electron chi connectivity index (χ4n) is 2.57. The van der Waals surface area contributed by atoms with Gasteiger partial charge in [-0.2, -0.15) is 4.31 Å². The van der Waals surface area contributed by atoms with Crippen molar-refractivity contribution in [1.82, 2.24) is 4.31 Å². The van der Waals surface area contributed by atoms with Gasteiger partial charge in [0.15, 0.2) is 5.78 Å². The third-order valence-electron chi connectivity index (χ3n) is 3.77. The highest BCUT2D eigenvalue weighted by atomic mass is 32.2. The van der Waals surface area contributed by atoms with Crippen molar-refractivity contribution in [2.24, 2.45) is 5.92 Å². The number of rotatable bonds is 6. The summed E-state index contributed by atoms with van der Waals surface area (Å²) in [5.74, 6) is 0.191. The maximum absolute atomic E-state index is 12.6. The van der Waals surface area contributed by atoms with E-state index in [2.05, 4.69) is 0 Å². The van der Waals surface area contributed by atoms with Crippen LogP contribution < -0.4 is 0 Å². The lowest BCUT2D eigenvalue weighted by molar-refractivity contribution is 0.0988. The Morgan fingerprint density at radius 1 is 1.43 bits per heavy atom. The molecule has 0 aromatic heterocycles. The van der Waals surface area contributed by atoms with E-state index in [0.717, 1.165) is 6.42 Å². The zero-order valence-corrected chi connectivity index (χ0v) is 13.2. The average Bonchev–Trinajstić information content (AvgIpc) is 2.96. The van der Waals surface area contributed by atoms with Crippen LogP contribution in [-0.2, 0) is 14.8 Å². The number of benzene rings is 1. The van der Waals surface area contributed by atoms with Gasteiger partial charge in [-0.1, -0.05) is 19.1 Å². The van der Waals surface area contributed by atoms with Crippen molar-refractivity contribution in [1.29, 1.82) is 0 Å². The van der Waals surface area contributed by atoms with Gasteiger partial charge in [0.25, 0.3) is 0 Å². The van der Waals surface area contributed by atoms with Gasteiger partial charge in [-0.05, 0) is 24.5 Å². The van der Waals surface area contributed by atoms with E-state index in [1.54, 1.807) is 32.2 Å². The van der Waals surface area contributed by atoms with Crippen molar-refractivity contribution in [2.75, 3.05) is 26.8 Å². The Balaban J connectivity index is 2.22. The summed E-state index contributed by atoms with van der Waals surface area (Å²) in [5.41, 5.74) is 0.450. The van der Waals surface area contributed by atoms with E-state index in [1.165, 1.54) is 10.4 Å². The molecule has 1 fully saturated rings. The number of methoxy groups -OCH3 is 1. The molecule has 1 heterocycles. The van der Waals surface area contributed by atoms with Crippen LogP contribution in [0.1, 0.15) is 30.1 Å². The number of hydrogen-bond donors (Lipinski definition) is 0. The molecule has 2 rings (SSSR count). The maximum Gasteiger partial charge on any atom is 0.243 e. The fourth-order valence-corrected chi connectivity index (χ4v) is 4.15. The minimum Gasteiger partial charge on any atom is -0.384 e. The number of hydrogen-bond acceptors (Lipinski definition) is 4. The van der Waals surface area contributed by atoms with E-state index in [9.17, 15) is 13.2 Å². The number of nitrogens with zero attached hydrogens (tertiary/aromatic N) is 1. The van der Waals surface area contributed by atoms with Gasteiger partial charge in [-0.3, -0.25) is 4.79 Å². The van der Waals surface area contributed by atoms with Gasteiger partial charge < -0.3 is 4.74 Å². The van der Waals surface area contributed by atoms with Crippen molar-refractivity contribution < 1.29 is 17.9 Å². The predicted molar refractivity (Wildman–Crippen MR) is 79.8 cm³/mol. The standard InChI is InChI=1S/C15H21NO4S/c1-3-15(17)13-5-4-6-14(9-13)21(18,19)16-8-7-12(10-16)11-20-2/h4-6,9,12H,3,7-8,10-11H2,1-2H3. The summed E-state index contributed by atoms with van der Waals surface area (Å²) < 4.78 is 31.8. The van der Waals surface area contributed by atoms with E-state index in [0.29, 0.717) is 31.7 Å². The Labute approximate surface area is 126 Å². The summed E-state index contributed by atoms with van der Waals surface area (Å²) in [4.78, 5) is 11.9. The normalized spacial score (nSPS) is 19.8. The number of ether oxygens (including phenoxy) is 1. The van der Waals surface area contributed by atoms with Crippen molar-refractivity contribution in [3.8, 4) is 0 Å². The highest BCUT2D eigenvalue weighted by Gasteiger charge is 2.32. The highest BCUT2D eigenvalue weighted by Crippen LogP contribution is 2.25. The first-order chi connectivity index (χ1) is 9.98. The molecule has 0 saturated carbocycles. The Hall–Kier alpha value is -1.24. The molecular formula is C15H21NO4S. The molecule has 1 saturated heterocycles. The molecule has 1 aliphatic heterocycles. The Morgan fingerprint density at radius 2 is 2.19 bits per heavy atom. The Morgan fingerprint density at radius 3 is 2.86 bits per heavy atom. The second kappa shape index (κ2) is 6.68. The van der Waals surface area contributed by atoms with Gasteiger partial charge in [0, 0.05) is 32.2 Å². The molecule has 5 nitrogen and oxygen atoms in total. The van der Waals surface area contributed by atoms with Gasteiger partial charge in [0.2, 0.25) is 10.0 Å². The summed E-state index contributed by atoms with van der Waals surface area (Å²) in [7, 11) is -1.91. The molecule has 1 aromatic carbocycles. The van der Waals surface area contributed by atoms with Gasteiger partial charge in [-0.25, -0.2) is 8.42 Å². The van der Waals surface area contributed by atoms with Crippen LogP contribution in [0.5, 0.6) is 0 Å². The van der Waals surface area contributed by atoms with Gasteiger partial charge >= 0.3 is 0 Å². The molecule has 116 valence electrons. The molecule has 1 aromatic rings. The lowest BCUT2D eigenvalue weighted by Gasteiger charge is -2.17. The van der Waals surface area contributed by atoms with Crippen molar-refractivity contribution >= 4 is 15.8 Å². The zero-order chi connectivity index (χ0) is 15.5. The van der Waals surface area contributed by atoms with Crippen molar-refractivity contribution in [3.63, 3.8) is 0 Å². The van der Waals surface area contributed by atoms with Crippen LogP contribution in [0.3, 0.4) is 0 Å². The molecule has 0 amide bonds. The van der Waals surface area contributed by atoms with E-state index >= 15 is 0 Å². The third-order valence-corrected chi connectivity index (χ3v) is 5.63. The molecule has 0 N–H and O–H groups in total. The second-order valence-corrected chi connectivity index (χ2v) is 7.22. The van der Waals surface area contributed by atoms with Gasteiger partial charge in [-0.15, -0.1) is 0 Å². The largest absolute Gasteiger partial charge is 0.384 e. The lowest BCUT2D eigenvalue weighted by atomic mass is 10.1. The second-order valence-electron chi connectivity index (χ2n) is 5.28. The summed E-state index contributed by atoms with van der Waals surface area (Å²) in [6.07, 6.45) is 1.17. The summed E-state index contributed by atoms with van der Waals surface area (Å²) in [6.45, 7) is 3.31. The van der Waals surface area contributed by atoms with Crippen LogP contribution in [0.2, 0.25) is 0 Å². The van der Waals surface area contributed by atoms with Crippen LogP contribution in [0.25, 0.3) is 0 Å². The van der Waals surface area contributed by atoms with Gasteiger partial charge in [0.1, 0.15) is 0 Å². The molecule has 0 aliphatic carbocycles. The first-order valence-electron chi connectivity index (χ1n) is 7.11. The monoisotopic (exact) mass is 311 g/mol. The van der Waals surface area contributed by atoms with Crippen LogP contribution in [0.15, 0.2) is 29.2 Å². The number of Topliss-reactive ketones (excluding diaryl/α,β-unsaturated/α-hetero) is 1. The molecule has 6 heteroatoms. The van der Waals surface area contributed by atoms with Crippen molar-refractivity contribution in [2.45, 2.75) is 24.7 Å². The summed E-state index contributed by atoms with van der Waals surface area (Å²) >= 11 is 0. The third kappa shape index (κ3) is 3.51. The van der Waals surface area contributed by atoms with Gasteiger partial charge in [0.05, 0.1) is 11.5 Å². The molecular weight excluding hydrogens is 290 g/mol. The van der Waals surface area contributed by atoms with Crippen LogP contribution >= 0.6 is 0 Å². The molecule has 0 radical (unpaired) electrons. The average molecular weight is 311 g/mol. The van der Waals surface area contributed by atoms with Crippen LogP contribution in [-0.4, -0.2) is 45.3 Å². The number of ketones is 1. The first kappa shape index (κ1) is 16.1. The quantitative estimate of drug-likeness (QED) is 0.753. The molecule has 21 heavy (non-hydrogen) atoms. The Bertz CT molecular complexity index is 612. The summed E-state index contributed by atoms with van der Waals surface area (Å²) in [6, 6.07) is 6.30. The van der Waals surface area contributed by atoms with E-state index < -0.39 is 10.0 Å². The predicted octanol–water partition coefficient (Wildman–Crippen LogP) is 1.94. The van der Waals surface area contributed by atoms with E-state index in [-0.39, 0.29) is 16.6 Å².